The zero-order valence-electron chi connectivity index (χ0n) is 9.91. The lowest BCUT2D eigenvalue weighted by Crippen LogP contribution is -2.01. The summed E-state index contributed by atoms with van der Waals surface area (Å²) >= 11 is 8.27. The molecular formula is C14H13ClINO. The van der Waals surface area contributed by atoms with Gasteiger partial charge in [-0.15, -0.1) is 0 Å². The predicted octanol–water partition coefficient (Wildman–Crippen LogP) is 4.57. The molecule has 2 nitrogen and oxygen atoms in total. The molecule has 0 bridgehead atoms. The zero-order chi connectivity index (χ0) is 13.0. The fourth-order valence-electron chi connectivity index (χ4n) is 1.62. The normalized spacial score (nSPS) is 10.2. The highest BCUT2D eigenvalue weighted by molar-refractivity contribution is 14.1. The van der Waals surface area contributed by atoms with Crippen LogP contribution in [0.4, 0.5) is 5.69 Å². The molecular weight excluding hydrogens is 361 g/mol. The van der Waals surface area contributed by atoms with Crippen molar-refractivity contribution in [1.82, 2.24) is 0 Å². The van der Waals surface area contributed by atoms with Crippen molar-refractivity contribution in [3.05, 3.63) is 56.6 Å². The third-order valence-corrected chi connectivity index (χ3v) is 3.51. The van der Waals surface area contributed by atoms with Gasteiger partial charge in [0.15, 0.2) is 0 Å². The molecule has 0 amide bonds. The lowest BCUT2D eigenvalue weighted by molar-refractivity contribution is 0.416. The van der Waals surface area contributed by atoms with Crippen LogP contribution in [0.1, 0.15) is 5.56 Å². The molecule has 0 saturated heterocycles. The average Bonchev–Trinajstić information content (AvgIpc) is 2.38. The van der Waals surface area contributed by atoms with Gasteiger partial charge in [0.1, 0.15) is 5.75 Å². The van der Waals surface area contributed by atoms with Crippen LogP contribution in [0, 0.1) is 3.57 Å². The molecule has 0 aliphatic carbocycles. The van der Waals surface area contributed by atoms with Crippen molar-refractivity contribution in [3.63, 3.8) is 0 Å². The SMILES string of the molecule is COc1ccc(Cl)cc1NCc1ccc(I)cc1. The first kappa shape index (κ1) is 13.5. The van der Waals surface area contributed by atoms with Gasteiger partial charge in [-0.05, 0) is 58.5 Å². The maximum Gasteiger partial charge on any atom is 0.142 e. The Morgan fingerprint density at radius 1 is 1.17 bits per heavy atom. The van der Waals surface area contributed by atoms with Gasteiger partial charge in [0.05, 0.1) is 12.8 Å². The van der Waals surface area contributed by atoms with Crippen LogP contribution < -0.4 is 10.1 Å². The third-order valence-electron chi connectivity index (χ3n) is 2.56. The molecule has 2 rings (SSSR count). The lowest BCUT2D eigenvalue weighted by Gasteiger charge is -2.11. The fraction of sp³-hybridized carbons (Fsp3) is 0.143. The molecule has 0 saturated carbocycles. The topological polar surface area (TPSA) is 21.3 Å². The van der Waals surface area contributed by atoms with E-state index in [9.17, 15) is 0 Å². The van der Waals surface area contributed by atoms with E-state index in [0.29, 0.717) is 5.02 Å². The highest BCUT2D eigenvalue weighted by atomic mass is 127. The van der Waals surface area contributed by atoms with E-state index in [1.165, 1.54) is 9.13 Å². The molecule has 0 radical (unpaired) electrons. The highest BCUT2D eigenvalue weighted by Crippen LogP contribution is 2.28. The molecule has 0 aromatic heterocycles. The van der Waals surface area contributed by atoms with E-state index in [4.69, 9.17) is 16.3 Å². The van der Waals surface area contributed by atoms with Crippen LogP contribution in [-0.2, 0) is 6.54 Å². The standard InChI is InChI=1S/C14H13ClINO/c1-18-14-7-4-11(15)8-13(14)17-9-10-2-5-12(16)6-3-10/h2-8,17H,9H2,1H3. The van der Waals surface area contributed by atoms with Crippen LogP contribution >= 0.6 is 34.2 Å². The molecule has 4 heteroatoms. The van der Waals surface area contributed by atoms with Crippen LogP contribution in [0.2, 0.25) is 5.02 Å². The molecule has 2 aromatic rings. The van der Waals surface area contributed by atoms with Gasteiger partial charge in [-0.25, -0.2) is 0 Å². The average molecular weight is 374 g/mol. The van der Waals surface area contributed by atoms with Crippen molar-refractivity contribution >= 4 is 39.9 Å². The molecule has 18 heavy (non-hydrogen) atoms. The maximum absolute atomic E-state index is 5.98. The Kier molecular flexibility index (Phi) is 4.72. The quantitative estimate of drug-likeness (QED) is 0.793. The molecule has 0 aliphatic rings. The minimum Gasteiger partial charge on any atom is -0.495 e. The molecule has 1 N–H and O–H groups in total. The van der Waals surface area contributed by atoms with Crippen molar-refractivity contribution in [3.8, 4) is 5.75 Å². The van der Waals surface area contributed by atoms with Crippen LogP contribution in [0.25, 0.3) is 0 Å². The summed E-state index contributed by atoms with van der Waals surface area (Å²) in [6, 6.07) is 13.9. The van der Waals surface area contributed by atoms with E-state index in [0.717, 1.165) is 18.0 Å². The number of anilines is 1. The van der Waals surface area contributed by atoms with Gasteiger partial charge in [0.25, 0.3) is 0 Å². The van der Waals surface area contributed by atoms with Gasteiger partial charge in [-0.3, -0.25) is 0 Å². The largest absolute Gasteiger partial charge is 0.495 e. The van der Waals surface area contributed by atoms with Gasteiger partial charge in [0, 0.05) is 15.1 Å². The van der Waals surface area contributed by atoms with E-state index in [1.807, 2.05) is 18.2 Å². The summed E-state index contributed by atoms with van der Waals surface area (Å²) in [7, 11) is 1.65. The first-order valence-corrected chi connectivity index (χ1v) is 6.96. The molecule has 0 fully saturated rings. The van der Waals surface area contributed by atoms with Gasteiger partial charge in [-0.1, -0.05) is 23.7 Å². The summed E-state index contributed by atoms with van der Waals surface area (Å²) in [5.41, 5.74) is 2.13. The first-order valence-electron chi connectivity index (χ1n) is 5.51. The number of halogens is 2. The van der Waals surface area contributed by atoms with E-state index in [1.54, 1.807) is 7.11 Å². The van der Waals surface area contributed by atoms with Gasteiger partial charge >= 0.3 is 0 Å². The summed E-state index contributed by atoms with van der Waals surface area (Å²) in [5.74, 6) is 0.796. The molecule has 0 aliphatic heterocycles. The number of hydrogen-bond donors (Lipinski definition) is 1. The van der Waals surface area contributed by atoms with Gasteiger partial charge in [0.2, 0.25) is 0 Å². The number of hydrogen-bond acceptors (Lipinski definition) is 2. The molecule has 0 atom stereocenters. The number of rotatable bonds is 4. The maximum atomic E-state index is 5.98. The zero-order valence-corrected chi connectivity index (χ0v) is 12.8. The van der Waals surface area contributed by atoms with Crippen molar-refractivity contribution in [2.45, 2.75) is 6.54 Å². The second-order valence-corrected chi connectivity index (χ2v) is 5.51. The van der Waals surface area contributed by atoms with Crippen LogP contribution in [0.5, 0.6) is 5.75 Å². The Hall–Kier alpha value is -0.940. The molecule has 0 heterocycles. The highest BCUT2D eigenvalue weighted by Gasteiger charge is 2.03. The second kappa shape index (κ2) is 6.29. The summed E-state index contributed by atoms with van der Waals surface area (Å²) in [6.07, 6.45) is 0. The summed E-state index contributed by atoms with van der Waals surface area (Å²) in [5, 5.41) is 4.02. The minimum atomic E-state index is 0.695. The van der Waals surface area contributed by atoms with Crippen molar-refractivity contribution in [2.24, 2.45) is 0 Å². The molecule has 0 unspecified atom stereocenters. The van der Waals surface area contributed by atoms with Gasteiger partial charge in [-0.2, -0.15) is 0 Å². The predicted molar refractivity (Wildman–Crippen MR) is 84.5 cm³/mol. The number of benzene rings is 2. The van der Waals surface area contributed by atoms with E-state index >= 15 is 0 Å². The van der Waals surface area contributed by atoms with Crippen molar-refractivity contribution in [1.29, 1.82) is 0 Å². The number of ether oxygens (including phenoxy) is 1. The van der Waals surface area contributed by atoms with Gasteiger partial charge < -0.3 is 10.1 Å². The van der Waals surface area contributed by atoms with Crippen LogP contribution in [0.3, 0.4) is 0 Å². The van der Waals surface area contributed by atoms with Crippen molar-refractivity contribution < 1.29 is 4.74 Å². The van der Waals surface area contributed by atoms with E-state index in [-0.39, 0.29) is 0 Å². The smallest absolute Gasteiger partial charge is 0.142 e. The Morgan fingerprint density at radius 2 is 1.89 bits per heavy atom. The van der Waals surface area contributed by atoms with E-state index in [2.05, 4.69) is 52.2 Å². The first-order chi connectivity index (χ1) is 8.69. The Labute approximate surface area is 125 Å². The second-order valence-electron chi connectivity index (χ2n) is 3.82. The van der Waals surface area contributed by atoms with Crippen LogP contribution in [0.15, 0.2) is 42.5 Å². The lowest BCUT2D eigenvalue weighted by atomic mass is 10.2. The summed E-state index contributed by atoms with van der Waals surface area (Å²) in [6.45, 7) is 0.744. The van der Waals surface area contributed by atoms with Crippen molar-refractivity contribution in [2.75, 3.05) is 12.4 Å². The number of nitrogens with one attached hydrogen (secondary N) is 1. The van der Waals surface area contributed by atoms with E-state index < -0.39 is 0 Å². The minimum absolute atomic E-state index is 0.695. The summed E-state index contributed by atoms with van der Waals surface area (Å²) < 4.78 is 6.52. The van der Waals surface area contributed by atoms with Crippen LogP contribution in [-0.4, -0.2) is 7.11 Å². The fourth-order valence-corrected chi connectivity index (χ4v) is 2.15. The molecule has 0 spiro atoms. The Morgan fingerprint density at radius 3 is 2.56 bits per heavy atom. The third kappa shape index (κ3) is 3.53. The molecule has 2 aromatic carbocycles. The molecule has 94 valence electrons. The Balaban J connectivity index is 2.09. The Bertz CT molecular complexity index is 528. The summed E-state index contributed by atoms with van der Waals surface area (Å²) in [4.78, 5) is 0. The monoisotopic (exact) mass is 373 g/mol. The number of methoxy groups -OCH3 is 1.